The molecule has 0 aromatic heterocycles. The Morgan fingerprint density at radius 2 is 1.67 bits per heavy atom. The van der Waals surface area contributed by atoms with Gasteiger partial charge in [-0.05, 0) is 25.0 Å². The van der Waals surface area contributed by atoms with Crippen LogP contribution in [0.2, 0.25) is 0 Å². The molecule has 128 valence electrons. The number of rotatable bonds is 9. The molecular weight excluding hydrogens is 334 g/mol. The lowest BCUT2D eigenvalue weighted by Gasteiger charge is -2.12. The van der Waals surface area contributed by atoms with Gasteiger partial charge in [0.1, 0.15) is 0 Å². The molecule has 0 fully saturated rings. The summed E-state index contributed by atoms with van der Waals surface area (Å²) >= 11 is 3.54. The molecule has 2 nitrogen and oxygen atoms in total. The van der Waals surface area contributed by atoms with Gasteiger partial charge in [-0.1, -0.05) is 60.2 Å². The van der Waals surface area contributed by atoms with Gasteiger partial charge in [0, 0.05) is 23.8 Å². The van der Waals surface area contributed by atoms with E-state index in [0.29, 0.717) is 0 Å². The van der Waals surface area contributed by atoms with Crippen molar-refractivity contribution < 1.29 is 4.79 Å². The number of thioether (sulfide) groups is 2. The molecule has 0 saturated carbocycles. The van der Waals surface area contributed by atoms with Gasteiger partial charge in [0.15, 0.2) is 0 Å². The van der Waals surface area contributed by atoms with Crippen LogP contribution in [0.25, 0.3) is 0 Å². The Bertz CT molecular complexity index is 613. The van der Waals surface area contributed by atoms with E-state index in [9.17, 15) is 4.79 Å². The standard InChI is InChI=1S/C20H25NOS2/c1-16-8-10-19(11-9-16)14-23-13-12-21-20(22)17(2)24-15-18-6-4-3-5-7-18/h3-11,17H,12-15H2,1-2H3,(H,21,22)/t17-/m0/s1. The molecule has 0 aliphatic rings. The molecule has 2 aromatic rings. The summed E-state index contributed by atoms with van der Waals surface area (Å²) in [6.45, 7) is 4.80. The van der Waals surface area contributed by atoms with Crippen LogP contribution in [0.5, 0.6) is 0 Å². The summed E-state index contributed by atoms with van der Waals surface area (Å²) in [6, 6.07) is 18.9. The fourth-order valence-corrected chi connectivity index (χ4v) is 3.82. The molecule has 1 amide bonds. The molecule has 0 unspecified atom stereocenters. The maximum atomic E-state index is 12.1. The van der Waals surface area contributed by atoms with E-state index in [4.69, 9.17) is 0 Å². The molecule has 2 rings (SSSR count). The summed E-state index contributed by atoms with van der Waals surface area (Å²) in [7, 11) is 0. The first-order valence-electron chi connectivity index (χ1n) is 8.21. The van der Waals surface area contributed by atoms with Crippen LogP contribution >= 0.6 is 23.5 Å². The highest BCUT2D eigenvalue weighted by molar-refractivity contribution is 7.99. The number of hydrogen-bond donors (Lipinski definition) is 1. The average molecular weight is 360 g/mol. The number of carbonyl (C=O) groups excluding carboxylic acids is 1. The van der Waals surface area contributed by atoms with Gasteiger partial charge >= 0.3 is 0 Å². The maximum Gasteiger partial charge on any atom is 0.232 e. The molecule has 24 heavy (non-hydrogen) atoms. The van der Waals surface area contributed by atoms with Crippen LogP contribution in [0.4, 0.5) is 0 Å². The molecule has 2 aromatic carbocycles. The molecule has 1 atom stereocenters. The van der Waals surface area contributed by atoms with Crippen LogP contribution in [-0.4, -0.2) is 23.5 Å². The lowest BCUT2D eigenvalue weighted by Crippen LogP contribution is -2.32. The van der Waals surface area contributed by atoms with E-state index in [1.807, 2.05) is 36.9 Å². The summed E-state index contributed by atoms with van der Waals surface area (Å²) in [5.41, 5.74) is 3.89. The second-order valence-corrected chi connectivity index (χ2v) is 8.20. The van der Waals surface area contributed by atoms with Crippen molar-refractivity contribution in [2.45, 2.75) is 30.6 Å². The molecule has 0 heterocycles. The van der Waals surface area contributed by atoms with Gasteiger partial charge in [-0.3, -0.25) is 4.79 Å². The summed E-state index contributed by atoms with van der Waals surface area (Å²) < 4.78 is 0. The number of aryl methyl sites for hydroxylation is 1. The zero-order chi connectivity index (χ0) is 17.2. The van der Waals surface area contributed by atoms with Crippen LogP contribution in [0.3, 0.4) is 0 Å². The number of benzene rings is 2. The molecule has 1 N–H and O–H groups in total. The van der Waals surface area contributed by atoms with Gasteiger partial charge in [0.25, 0.3) is 0 Å². The van der Waals surface area contributed by atoms with Crippen molar-refractivity contribution in [3.63, 3.8) is 0 Å². The Morgan fingerprint density at radius 1 is 1.00 bits per heavy atom. The number of amides is 1. The molecule has 0 radical (unpaired) electrons. The minimum atomic E-state index is -0.0210. The van der Waals surface area contributed by atoms with Crippen LogP contribution < -0.4 is 5.32 Å². The zero-order valence-electron chi connectivity index (χ0n) is 14.3. The maximum absolute atomic E-state index is 12.1. The van der Waals surface area contributed by atoms with E-state index in [1.54, 1.807) is 11.8 Å². The summed E-state index contributed by atoms with van der Waals surface area (Å²) in [6.07, 6.45) is 0. The first kappa shape index (κ1) is 18.9. The number of hydrogen-bond acceptors (Lipinski definition) is 3. The van der Waals surface area contributed by atoms with Crippen LogP contribution in [0, 0.1) is 6.92 Å². The fraction of sp³-hybridized carbons (Fsp3) is 0.350. The van der Waals surface area contributed by atoms with Gasteiger partial charge in [-0.25, -0.2) is 0 Å². The lowest BCUT2D eigenvalue weighted by molar-refractivity contribution is -0.120. The molecule has 0 saturated heterocycles. The zero-order valence-corrected chi connectivity index (χ0v) is 16.0. The van der Waals surface area contributed by atoms with Crippen molar-refractivity contribution in [2.24, 2.45) is 0 Å². The minimum Gasteiger partial charge on any atom is -0.354 e. The van der Waals surface area contributed by atoms with Gasteiger partial charge < -0.3 is 5.32 Å². The second kappa shape index (κ2) is 10.5. The average Bonchev–Trinajstić information content (AvgIpc) is 2.61. The third-order valence-electron chi connectivity index (χ3n) is 3.65. The minimum absolute atomic E-state index is 0.0210. The Kier molecular flexibility index (Phi) is 8.26. The van der Waals surface area contributed by atoms with Crippen molar-refractivity contribution >= 4 is 29.4 Å². The topological polar surface area (TPSA) is 29.1 Å². The monoisotopic (exact) mass is 359 g/mol. The van der Waals surface area contributed by atoms with Crippen LogP contribution in [0.1, 0.15) is 23.6 Å². The summed E-state index contributed by atoms with van der Waals surface area (Å²) in [5.74, 6) is 2.94. The van der Waals surface area contributed by atoms with E-state index in [2.05, 4.69) is 48.6 Å². The van der Waals surface area contributed by atoms with Crippen molar-refractivity contribution in [3.8, 4) is 0 Å². The Hall–Kier alpha value is -1.39. The predicted molar refractivity (Wildman–Crippen MR) is 108 cm³/mol. The number of carbonyl (C=O) groups is 1. The highest BCUT2D eigenvalue weighted by Gasteiger charge is 2.12. The number of nitrogens with one attached hydrogen (secondary N) is 1. The molecular formula is C20H25NOS2. The highest BCUT2D eigenvalue weighted by Crippen LogP contribution is 2.17. The van der Waals surface area contributed by atoms with E-state index in [1.165, 1.54) is 16.7 Å². The Morgan fingerprint density at radius 3 is 2.38 bits per heavy atom. The Balaban J connectivity index is 1.57. The summed E-state index contributed by atoms with van der Waals surface area (Å²) in [4.78, 5) is 12.1. The van der Waals surface area contributed by atoms with Crippen molar-refractivity contribution in [2.75, 3.05) is 12.3 Å². The first-order valence-corrected chi connectivity index (χ1v) is 10.4. The van der Waals surface area contributed by atoms with E-state index < -0.39 is 0 Å². The molecule has 0 bridgehead atoms. The quantitative estimate of drug-likeness (QED) is 0.660. The van der Waals surface area contributed by atoms with E-state index in [0.717, 1.165) is 23.8 Å². The molecule has 4 heteroatoms. The van der Waals surface area contributed by atoms with Gasteiger partial charge in [-0.2, -0.15) is 11.8 Å². The van der Waals surface area contributed by atoms with Gasteiger partial charge in [0.2, 0.25) is 5.91 Å². The largest absolute Gasteiger partial charge is 0.354 e. The predicted octanol–water partition coefficient (Wildman–Crippen LogP) is 4.67. The van der Waals surface area contributed by atoms with Gasteiger partial charge in [0.05, 0.1) is 5.25 Å². The normalized spacial score (nSPS) is 11.9. The van der Waals surface area contributed by atoms with Crippen molar-refractivity contribution in [1.29, 1.82) is 0 Å². The third-order valence-corrected chi connectivity index (χ3v) is 5.89. The molecule has 0 aliphatic carbocycles. The first-order chi connectivity index (χ1) is 11.6. The van der Waals surface area contributed by atoms with E-state index >= 15 is 0 Å². The smallest absolute Gasteiger partial charge is 0.232 e. The van der Waals surface area contributed by atoms with E-state index in [-0.39, 0.29) is 11.2 Å². The molecule has 0 aliphatic heterocycles. The second-order valence-electron chi connectivity index (χ2n) is 5.77. The summed E-state index contributed by atoms with van der Waals surface area (Å²) in [5, 5.41) is 3.01. The third kappa shape index (κ3) is 7.02. The van der Waals surface area contributed by atoms with Crippen LogP contribution in [-0.2, 0) is 16.3 Å². The SMILES string of the molecule is Cc1ccc(CSCCNC(=O)[C@H](C)SCc2ccccc2)cc1. The van der Waals surface area contributed by atoms with Crippen molar-refractivity contribution in [1.82, 2.24) is 5.32 Å². The lowest BCUT2D eigenvalue weighted by atomic mass is 10.2. The van der Waals surface area contributed by atoms with Gasteiger partial charge in [-0.15, -0.1) is 11.8 Å². The van der Waals surface area contributed by atoms with Crippen molar-refractivity contribution in [3.05, 3.63) is 71.3 Å². The fourth-order valence-electron chi connectivity index (χ4n) is 2.14. The highest BCUT2D eigenvalue weighted by atomic mass is 32.2. The molecule has 0 spiro atoms. The van der Waals surface area contributed by atoms with Crippen LogP contribution in [0.15, 0.2) is 54.6 Å². The Labute approximate surface area is 153 Å².